The van der Waals surface area contributed by atoms with Crippen molar-refractivity contribution in [2.75, 3.05) is 11.8 Å². The molecule has 0 radical (unpaired) electrons. The zero-order valence-corrected chi connectivity index (χ0v) is 8.10. The summed E-state index contributed by atoms with van der Waals surface area (Å²) >= 11 is 11.4. The molecule has 0 unspecified atom stereocenters. The summed E-state index contributed by atoms with van der Waals surface area (Å²) < 4.78 is 0. The summed E-state index contributed by atoms with van der Waals surface area (Å²) in [5.74, 6) is 1.17. The third-order valence-electron chi connectivity index (χ3n) is 1.68. The summed E-state index contributed by atoms with van der Waals surface area (Å²) in [6.45, 7) is 4.27. The van der Waals surface area contributed by atoms with Crippen LogP contribution >= 0.6 is 23.2 Å². The van der Waals surface area contributed by atoms with Gasteiger partial charge in [0.05, 0.1) is 0 Å². The number of hydrogen-bond acceptors (Lipinski definition) is 0. The molecule has 60 valence electrons. The Kier molecular flexibility index (Phi) is 6.25. The molecule has 0 spiro atoms. The molecule has 0 aliphatic heterocycles. The molecule has 0 aliphatic rings. The van der Waals surface area contributed by atoms with E-state index in [1.165, 1.54) is 11.1 Å². The van der Waals surface area contributed by atoms with E-state index in [9.17, 15) is 0 Å². The number of allylic oxidation sites excluding steroid dienone is 2. The fourth-order valence-corrected chi connectivity index (χ4v) is 1.64. The molecule has 0 aromatic carbocycles. The molecule has 0 atom stereocenters. The lowest BCUT2D eigenvalue weighted by Gasteiger charge is -2.05. The first-order valence-electron chi connectivity index (χ1n) is 3.61. The van der Waals surface area contributed by atoms with Crippen LogP contribution in [-0.4, -0.2) is 11.8 Å². The molecule has 0 saturated carbocycles. The summed E-state index contributed by atoms with van der Waals surface area (Å²) in [7, 11) is 0. The smallest absolute Gasteiger partial charge is 0.0447 e. The predicted molar refractivity (Wildman–Crippen MR) is 49.0 cm³/mol. The molecule has 0 aromatic rings. The van der Waals surface area contributed by atoms with Gasteiger partial charge in [-0.2, -0.15) is 0 Å². The Morgan fingerprint density at radius 2 is 1.30 bits per heavy atom. The van der Waals surface area contributed by atoms with Gasteiger partial charge in [0.2, 0.25) is 0 Å². The van der Waals surface area contributed by atoms with Crippen molar-refractivity contribution in [1.82, 2.24) is 0 Å². The Hall–Kier alpha value is 0.320. The topological polar surface area (TPSA) is 0 Å². The highest BCUT2D eigenvalue weighted by molar-refractivity contribution is 6.23. The normalized spacial score (nSPS) is 9.60. The summed E-state index contributed by atoms with van der Waals surface area (Å²) in [5.41, 5.74) is 2.61. The SMILES string of the molecule is CCC(CC)=C(CCl)CCl. The van der Waals surface area contributed by atoms with Gasteiger partial charge < -0.3 is 0 Å². The molecular weight excluding hydrogens is 167 g/mol. The van der Waals surface area contributed by atoms with Crippen LogP contribution in [0.5, 0.6) is 0 Å². The maximum atomic E-state index is 5.68. The molecule has 0 heterocycles. The molecule has 0 amide bonds. The highest BCUT2D eigenvalue weighted by atomic mass is 35.5. The van der Waals surface area contributed by atoms with Crippen molar-refractivity contribution in [2.24, 2.45) is 0 Å². The van der Waals surface area contributed by atoms with Gasteiger partial charge in [-0.3, -0.25) is 0 Å². The van der Waals surface area contributed by atoms with Crippen LogP contribution in [0.4, 0.5) is 0 Å². The first-order chi connectivity index (χ1) is 4.79. The van der Waals surface area contributed by atoms with Crippen LogP contribution in [0.1, 0.15) is 26.7 Å². The Bertz CT molecular complexity index is 90.4. The molecule has 0 aromatic heterocycles. The fourth-order valence-electron chi connectivity index (χ4n) is 0.975. The van der Waals surface area contributed by atoms with Gasteiger partial charge in [-0.15, -0.1) is 23.2 Å². The zero-order chi connectivity index (χ0) is 7.98. The number of hydrogen-bond donors (Lipinski definition) is 0. The number of alkyl halides is 2. The van der Waals surface area contributed by atoms with Crippen LogP contribution in [0.25, 0.3) is 0 Å². The van der Waals surface area contributed by atoms with Crippen LogP contribution in [0.15, 0.2) is 11.1 Å². The van der Waals surface area contributed by atoms with Crippen LogP contribution < -0.4 is 0 Å². The average Bonchev–Trinajstić information content (AvgIpc) is 2.00. The second kappa shape index (κ2) is 6.06. The van der Waals surface area contributed by atoms with E-state index in [0.717, 1.165) is 12.8 Å². The zero-order valence-electron chi connectivity index (χ0n) is 6.58. The van der Waals surface area contributed by atoms with Crippen LogP contribution in [0.3, 0.4) is 0 Å². The summed E-state index contributed by atoms with van der Waals surface area (Å²) in [4.78, 5) is 0. The highest BCUT2D eigenvalue weighted by Crippen LogP contribution is 2.14. The maximum absolute atomic E-state index is 5.68. The molecule has 0 bridgehead atoms. The molecule has 0 N–H and O–H groups in total. The first kappa shape index (κ1) is 10.3. The highest BCUT2D eigenvalue weighted by Gasteiger charge is 1.99. The van der Waals surface area contributed by atoms with Crippen molar-refractivity contribution in [3.05, 3.63) is 11.1 Å². The third kappa shape index (κ3) is 2.94. The lowest BCUT2D eigenvalue weighted by molar-refractivity contribution is 0.947. The minimum atomic E-state index is 0.584. The van der Waals surface area contributed by atoms with Crippen molar-refractivity contribution in [2.45, 2.75) is 26.7 Å². The molecule has 0 saturated heterocycles. The Balaban J connectivity index is 4.20. The van der Waals surface area contributed by atoms with E-state index >= 15 is 0 Å². The van der Waals surface area contributed by atoms with E-state index in [1.54, 1.807) is 0 Å². The van der Waals surface area contributed by atoms with Gasteiger partial charge >= 0.3 is 0 Å². The van der Waals surface area contributed by atoms with Crippen molar-refractivity contribution in [1.29, 1.82) is 0 Å². The molecule has 0 rings (SSSR count). The van der Waals surface area contributed by atoms with Gasteiger partial charge in [-0.1, -0.05) is 19.4 Å². The van der Waals surface area contributed by atoms with Crippen LogP contribution in [0.2, 0.25) is 0 Å². The number of rotatable bonds is 4. The van der Waals surface area contributed by atoms with Gasteiger partial charge in [-0.05, 0) is 18.4 Å². The first-order valence-corrected chi connectivity index (χ1v) is 4.68. The Labute approximate surface area is 73.2 Å². The van der Waals surface area contributed by atoms with Gasteiger partial charge in [0.1, 0.15) is 0 Å². The molecule has 2 heteroatoms. The van der Waals surface area contributed by atoms with E-state index in [0.29, 0.717) is 11.8 Å². The molecule has 10 heavy (non-hydrogen) atoms. The van der Waals surface area contributed by atoms with E-state index in [-0.39, 0.29) is 0 Å². The Morgan fingerprint density at radius 3 is 1.40 bits per heavy atom. The molecule has 0 aliphatic carbocycles. The summed E-state index contributed by atoms with van der Waals surface area (Å²) in [5, 5.41) is 0. The van der Waals surface area contributed by atoms with Crippen molar-refractivity contribution in [3.8, 4) is 0 Å². The van der Waals surface area contributed by atoms with Crippen molar-refractivity contribution in [3.63, 3.8) is 0 Å². The average molecular weight is 181 g/mol. The van der Waals surface area contributed by atoms with Crippen LogP contribution in [0, 0.1) is 0 Å². The van der Waals surface area contributed by atoms with Crippen molar-refractivity contribution < 1.29 is 0 Å². The molecule has 0 fully saturated rings. The van der Waals surface area contributed by atoms with Crippen LogP contribution in [-0.2, 0) is 0 Å². The largest absolute Gasteiger partial charge is 0.122 e. The van der Waals surface area contributed by atoms with Gasteiger partial charge in [0, 0.05) is 11.8 Å². The second-order valence-electron chi connectivity index (χ2n) is 2.18. The van der Waals surface area contributed by atoms with E-state index in [4.69, 9.17) is 23.2 Å². The fraction of sp³-hybridized carbons (Fsp3) is 0.750. The lowest BCUT2D eigenvalue weighted by atomic mass is 10.1. The van der Waals surface area contributed by atoms with Gasteiger partial charge in [0.25, 0.3) is 0 Å². The van der Waals surface area contributed by atoms with Gasteiger partial charge in [0.15, 0.2) is 0 Å². The third-order valence-corrected chi connectivity index (χ3v) is 2.32. The maximum Gasteiger partial charge on any atom is 0.0447 e. The monoisotopic (exact) mass is 180 g/mol. The molecule has 0 nitrogen and oxygen atoms in total. The molecular formula is C8H14Cl2. The minimum Gasteiger partial charge on any atom is -0.122 e. The van der Waals surface area contributed by atoms with E-state index in [2.05, 4.69) is 13.8 Å². The summed E-state index contributed by atoms with van der Waals surface area (Å²) in [6, 6.07) is 0. The van der Waals surface area contributed by atoms with E-state index in [1.807, 2.05) is 0 Å². The predicted octanol–water partition coefficient (Wildman–Crippen LogP) is 3.58. The van der Waals surface area contributed by atoms with Crippen molar-refractivity contribution >= 4 is 23.2 Å². The summed E-state index contributed by atoms with van der Waals surface area (Å²) in [6.07, 6.45) is 2.15. The van der Waals surface area contributed by atoms with Gasteiger partial charge in [-0.25, -0.2) is 0 Å². The Morgan fingerprint density at radius 1 is 0.900 bits per heavy atom. The quantitative estimate of drug-likeness (QED) is 0.459. The standard InChI is InChI=1S/C8H14Cl2/c1-3-7(4-2)8(5-9)6-10/h3-6H2,1-2H3. The number of halogens is 2. The lowest BCUT2D eigenvalue weighted by Crippen LogP contribution is -1.93. The second-order valence-corrected chi connectivity index (χ2v) is 2.72. The van der Waals surface area contributed by atoms with E-state index < -0.39 is 0 Å². The minimum absolute atomic E-state index is 0.584.